The Bertz CT molecular complexity index is 738. The third kappa shape index (κ3) is 3.84. The van der Waals surface area contributed by atoms with Gasteiger partial charge in [-0.3, -0.25) is 0 Å². The van der Waals surface area contributed by atoms with E-state index in [0.29, 0.717) is 29.2 Å². The highest BCUT2D eigenvalue weighted by atomic mass is 19.4. The summed E-state index contributed by atoms with van der Waals surface area (Å²) >= 11 is 0. The summed E-state index contributed by atoms with van der Waals surface area (Å²) in [5.41, 5.74) is -0.00642. The number of nitrogens with one attached hydrogen (secondary N) is 1. The van der Waals surface area contributed by atoms with E-state index in [9.17, 15) is 18.3 Å². The van der Waals surface area contributed by atoms with Gasteiger partial charge in [-0.25, -0.2) is 0 Å². The Kier molecular flexibility index (Phi) is 4.55. The van der Waals surface area contributed by atoms with Crippen molar-refractivity contribution in [3.05, 3.63) is 35.4 Å². The molecule has 1 aromatic carbocycles. The molecule has 1 saturated heterocycles. The number of aryl methyl sites for hydroxylation is 1. The van der Waals surface area contributed by atoms with Gasteiger partial charge in [0.2, 0.25) is 0 Å². The second-order valence-electron chi connectivity index (χ2n) is 6.38. The molecule has 0 aliphatic carbocycles. The van der Waals surface area contributed by atoms with E-state index in [2.05, 4.69) is 20.4 Å². The van der Waals surface area contributed by atoms with Gasteiger partial charge >= 0.3 is 6.18 Å². The molecule has 1 fully saturated rings. The van der Waals surface area contributed by atoms with E-state index in [1.54, 1.807) is 12.1 Å². The van der Waals surface area contributed by atoms with Gasteiger partial charge in [0.15, 0.2) is 0 Å². The number of likely N-dealkylation sites (tertiary alicyclic amines) is 1. The molecule has 0 spiro atoms. The molecule has 25 heavy (non-hydrogen) atoms. The number of rotatable bonds is 3. The van der Waals surface area contributed by atoms with Gasteiger partial charge in [0.05, 0.1) is 11.3 Å². The SMILES string of the molecule is Cc1cc(C(F)(F)F)cc(O)c1-c1ccc(NC2CCN(C)C2)nn1. The minimum Gasteiger partial charge on any atom is -0.507 e. The van der Waals surface area contributed by atoms with Gasteiger partial charge < -0.3 is 15.3 Å². The molecule has 1 aliphatic heterocycles. The van der Waals surface area contributed by atoms with Gasteiger partial charge in [-0.1, -0.05) is 0 Å². The zero-order valence-electron chi connectivity index (χ0n) is 13.9. The molecule has 1 aliphatic rings. The fraction of sp³-hybridized carbons (Fsp3) is 0.412. The van der Waals surface area contributed by atoms with Gasteiger partial charge in [0.25, 0.3) is 0 Å². The molecule has 1 aromatic heterocycles. The van der Waals surface area contributed by atoms with Crippen LogP contribution in [0.1, 0.15) is 17.5 Å². The maximum atomic E-state index is 12.8. The molecule has 0 amide bonds. The average Bonchev–Trinajstić information content (AvgIpc) is 2.92. The van der Waals surface area contributed by atoms with Crippen LogP contribution in [0, 0.1) is 6.92 Å². The molecule has 2 N–H and O–H groups in total. The number of halogens is 3. The standard InChI is InChI=1S/C17H19F3N4O/c1-10-7-11(17(18,19)20)8-14(25)16(10)13-3-4-15(23-22-13)21-12-5-6-24(2)9-12/h3-4,7-8,12,25H,5-6,9H2,1-2H3,(H,21,23). The molecular formula is C17H19F3N4O. The second-order valence-corrected chi connectivity index (χ2v) is 6.38. The highest BCUT2D eigenvalue weighted by Gasteiger charge is 2.32. The smallest absolute Gasteiger partial charge is 0.416 e. The van der Waals surface area contributed by atoms with Crippen LogP contribution in [0.25, 0.3) is 11.3 Å². The fourth-order valence-corrected chi connectivity index (χ4v) is 3.07. The molecule has 0 saturated carbocycles. The Labute approximate surface area is 143 Å². The number of phenolic OH excluding ortho intramolecular Hbond substituents is 1. The molecule has 1 unspecified atom stereocenters. The third-order valence-electron chi connectivity index (χ3n) is 4.31. The van der Waals surface area contributed by atoms with Crippen molar-refractivity contribution in [1.29, 1.82) is 0 Å². The molecule has 0 bridgehead atoms. The summed E-state index contributed by atoms with van der Waals surface area (Å²) in [7, 11) is 2.05. The van der Waals surface area contributed by atoms with E-state index in [4.69, 9.17) is 0 Å². The van der Waals surface area contributed by atoms with Crippen LogP contribution in [0.3, 0.4) is 0 Å². The maximum absolute atomic E-state index is 12.8. The zero-order valence-corrected chi connectivity index (χ0v) is 13.9. The number of phenols is 1. The summed E-state index contributed by atoms with van der Waals surface area (Å²) in [5.74, 6) is 0.146. The lowest BCUT2D eigenvalue weighted by Gasteiger charge is -2.14. The summed E-state index contributed by atoms with van der Waals surface area (Å²) in [4.78, 5) is 2.21. The Morgan fingerprint density at radius 3 is 2.52 bits per heavy atom. The van der Waals surface area contributed by atoms with Gasteiger partial charge in [0, 0.05) is 18.2 Å². The first-order valence-corrected chi connectivity index (χ1v) is 7.94. The van der Waals surface area contributed by atoms with Gasteiger partial charge in [0.1, 0.15) is 11.6 Å². The first-order valence-electron chi connectivity index (χ1n) is 7.94. The Balaban J connectivity index is 1.82. The second kappa shape index (κ2) is 6.51. The highest BCUT2D eigenvalue weighted by Crippen LogP contribution is 2.38. The summed E-state index contributed by atoms with van der Waals surface area (Å²) < 4.78 is 38.4. The van der Waals surface area contributed by atoms with Crippen LogP contribution in [0.15, 0.2) is 24.3 Å². The van der Waals surface area contributed by atoms with Crippen molar-refractivity contribution >= 4 is 5.82 Å². The molecular weight excluding hydrogens is 333 g/mol. The van der Waals surface area contributed by atoms with Gasteiger partial charge in [-0.2, -0.15) is 13.2 Å². The van der Waals surface area contributed by atoms with E-state index in [1.165, 1.54) is 6.92 Å². The summed E-state index contributed by atoms with van der Waals surface area (Å²) in [6.45, 7) is 3.44. The number of anilines is 1. The Morgan fingerprint density at radius 1 is 1.24 bits per heavy atom. The number of aromatic nitrogens is 2. The monoisotopic (exact) mass is 352 g/mol. The number of benzene rings is 1. The van der Waals surface area contributed by atoms with Crippen molar-refractivity contribution in [3.8, 4) is 17.0 Å². The van der Waals surface area contributed by atoms with Crippen molar-refractivity contribution in [1.82, 2.24) is 15.1 Å². The van der Waals surface area contributed by atoms with Crippen LogP contribution >= 0.6 is 0 Å². The number of hydrogen-bond acceptors (Lipinski definition) is 5. The predicted octanol–water partition coefficient (Wildman–Crippen LogP) is 3.29. The van der Waals surface area contributed by atoms with E-state index in [0.717, 1.165) is 25.6 Å². The van der Waals surface area contributed by atoms with Crippen molar-refractivity contribution < 1.29 is 18.3 Å². The third-order valence-corrected chi connectivity index (χ3v) is 4.31. The van der Waals surface area contributed by atoms with E-state index in [1.807, 2.05) is 7.05 Å². The number of likely N-dealkylation sites (N-methyl/N-ethyl adjacent to an activating group) is 1. The molecule has 2 aromatic rings. The lowest BCUT2D eigenvalue weighted by Crippen LogP contribution is -2.24. The predicted molar refractivity (Wildman–Crippen MR) is 88.4 cm³/mol. The Morgan fingerprint density at radius 2 is 2.00 bits per heavy atom. The Hall–Kier alpha value is -2.35. The molecule has 134 valence electrons. The maximum Gasteiger partial charge on any atom is 0.416 e. The van der Waals surface area contributed by atoms with Crippen LogP contribution in [0.5, 0.6) is 5.75 Å². The molecule has 3 rings (SSSR count). The van der Waals surface area contributed by atoms with Crippen LogP contribution in [-0.4, -0.2) is 46.4 Å². The summed E-state index contributed by atoms with van der Waals surface area (Å²) in [5, 5.41) is 21.5. The first-order chi connectivity index (χ1) is 11.7. The lowest BCUT2D eigenvalue weighted by atomic mass is 10.0. The summed E-state index contributed by atoms with van der Waals surface area (Å²) in [6.07, 6.45) is -3.49. The van der Waals surface area contributed by atoms with Crippen LogP contribution < -0.4 is 5.32 Å². The van der Waals surface area contributed by atoms with Crippen molar-refractivity contribution in [2.75, 3.05) is 25.5 Å². The highest BCUT2D eigenvalue weighted by molar-refractivity contribution is 5.71. The fourth-order valence-electron chi connectivity index (χ4n) is 3.07. The van der Waals surface area contributed by atoms with Crippen molar-refractivity contribution in [3.63, 3.8) is 0 Å². The molecule has 5 nitrogen and oxygen atoms in total. The van der Waals surface area contributed by atoms with Crippen LogP contribution in [-0.2, 0) is 6.18 Å². The number of nitrogens with zero attached hydrogens (tertiary/aromatic N) is 3. The lowest BCUT2D eigenvalue weighted by molar-refractivity contribution is -0.137. The van der Waals surface area contributed by atoms with Gasteiger partial charge in [-0.05, 0) is 56.8 Å². The average molecular weight is 352 g/mol. The van der Waals surface area contributed by atoms with E-state index < -0.39 is 17.5 Å². The van der Waals surface area contributed by atoms with Crippen LogP contribution in [0.4, 0.5) is 19.0 Å². The van der Waals surface area contributed by atoms with E-state index >= 15 is 0 Å². The van der Waals surface area contributed by atoms with Crippen molar-refractivity contribution in [2.45, 2.75) is 25.6 Å². The van der Waals surface area contributed by atoms with Gasteiger partial charge in [-0.15, -0.1) is 10.2 Å². The minimum absolute atomic E-state index is 0.257. The molecule has 1 atom stereocenters. The summed E-state index contributed by atoms with van der Waals surface area (Å²) in [6, 6.07) is 5.37. The van der Waals surface area contributed by atoms with Crippen molar-refractivity contribution in [2.24, 2.45) is 0 Å². The number of hydrogen-bond donors (Lipinski definition) is 2. The van der Waals surface area contributed by atoms with Crippen LogP contribution in [0.2, 0.25) is 0 Å². The number of alkyl halides is 3. The topological polar surface area (TPSA) is 61.3 Å². The first kappa shape index (κ1) is 17.5. The van der Waals surface area contributed by atoms with E-state index in [-0.39, 0.29) is 5.56 Å². The quantitative estimate of drug-likeness (QED) is 0.888. The normalized spacial score (nSPS) is 18.5. The zero-order chi connectivity index (χ0) is 18.2. The minimum atomic E-state index is -4.51. The largest absolute Gasteiger partial charge is 0.507 e. The molecule has 2 heterocycles. The molecule has 8 heteroatoms. The number of aromatic hydroxyl groups is 1. The molecule has 0 radical (unpaired) electrons.